The maximum Gasteiger partial charge on any atom is 0.306 e. The molecule has 0 aromatic heterocycles. The SMILES string of the molecule is C#CCCCCCCCCC(=O)O[C@H]1C[C@@H](C)CC[C@@H]1C(C)C. The van der Waals surface area contributed by atoms with Crippen molar-refractivity contribution in [1.29, 1.82) is 0 Å². The van der Waals surface area contributed by atoms with Crippen molar-refractivity contribution in [2.75, 3.05) is 0 Å². The van der Waals surface area contributed by atoms with E-state index in [0.717, 1.165) is 32.1 Å². The van der Waals surface area contributed by atoms with Crippen LogP contribution >= 0.6 is 0 Å². The first-order valence-electron chi connectivity index (χ1n) is 9.67. The molecule has 2 nitrogen and oxygen atoms in total. The first kappa shape index (κ1) is 20.1. The van der Waals surface area contributed by atoms with Crippen molar-refractivity contribution >= 4 is 5.97 Å². The Morgan fingerprint density at radius 1 is 1.13 bits per heavy atom. The zero-order chi connectivity index (χ0) is 17.1. The quantitative estimate of drug-likeness (QED) is 0.291. The van der Waals surface area contributed by atoms with Crippen molar-refractivity contribution in [3.05, 3.63) is 0 Å². The van der Waals surface area contributed by atoms with Crippen molar-refractivity contribution in [3.8, 4) is 12.3 Å². The Hall–Kier alpha value is -0.970. The zero-order valence-electron chi connectivity index (χ0n) is 15.5. The number of hydrogen-bond acceptors (Lipinski definition) is 2. The van der Waals surface area contributed by atoms with Crippen LogP contribution in [-0.4, -0.2) is 12.1 Å². The molecule has 0 radical (unpaired) electrons. The molecule has 1 saturated carbocycles. The van der Waals surface area contributed by atoms with Crippen LogP contribution in [-0.2, 0) is 9.53 Å². The molecular weight excluding hydrogens is 284 g/mol. The highest BCUT2D eigenvalue weighted by atomic mass is 16.5. The van der Waals surface area contributed by atoms with Gasteiger partial charge in [0.05, 0.1) is 0 Å². The van der Waals surface area contributed by atoms with E-state index in [2.05, 4.69) is 26.7 Å². The third kappa shape index (κ3) is 8.45. The normalized spacial score (nSPS) is 24.4. The van der Waals surface area contributed by atoms with Gasteiger partial charge in [-0.25, -0.2) is 0 Å². The minimum absolute atomic E-state index is 0.0158. The molecule has 132 valence electrons. The maximum absolute atomic E-state index is 12.1. The average molecular weight is 321 g/mol. The van der Waals surface area contributed by atoms with Gasteiger partial charge < -0.3 is 4.74 Å². The Morgan fingerprint density at radius 2 is 1.78 bits per heavy atom. The summed E-state index contributed by atoms with van der Waals surface area (Å²) in [5.41, 5.74) is 0. The molecule has 2 heteroatoms. The van der Waals surface area contributed by atoms with Crippen LogP contribution < -0.4 is 0 Å². The van der Waals surface area contributed by atoms with Crippen LogP contribution in [0.2, 0.25) is 0 Å². The standard InChI is InChI=1S/C21H36O2/c1-5-6-7-8-9-10-11-12-13-21(22)23-20-16-18(4)14-15-19(20)17(2)3/h1,17-20H,6-16H2,2-4H3/t18-,19+,20-/m0/s1. The number of unbranched alkanes of at least 4 members (excludes halogenated alkanes) is 6. The van der Waals surface area contributed by atoms with Crippen LogP contribution in [0, 0.1) is 30.1 Å². The van der Waals surface area contributed by atoms with E-state index in [9.17, 15) is 4.79 Å². The van der Waals surface area contributed by atoms with Crippen molar-refractivity contribution in [2.24, 2.45) is 17.8 Å². The Bertz CT molecular complexity index is 367. The van der Waals surface area contributed by atoms with Crippen LogP contribution in [0.5, 0.6) is 0 Å². The minimum Gasteiger partial charge on any atom is -0.462 e. The number of terminal acetylenes is 1. The Balaban J connectivity index is 2.15. The summed E-state index contributed by atoms with van der Waals surface area (Å²) in [6.07, 6.45) is 17.2. The van der Waals surface area contributed by atoms with E-state index in [1.165, 1.54) is 32.1 Å². The van der Waals surface area contributed by atoms with Gasteiger partial charge in [-0.2, -0.15) is 0 Å². The third-order valence-electron chi connectivity index (χ3n) is 5.20. The summed E-state index contributed by atoms with van der Waals surface area (Å²) in [7, 11) is 0. The first-order valence-corrected chi connectivity index (χ1v) is 9.67. The molecule has 0 heterocycles. The molecule has 23 heavy (non-hydrogen) atoms. The lowest BCUT2D eigenvalue weighted by atomic mass is 9.75. The smallest absolute Gasteiger partial charge is 0.306 e. The highest BCUT2D eigenvalue weighted by Crippen LogP contribution is 2.35. The molecule has 3 atom stereocenters. The monoisotopic (exact) mass is 320 g/mol. The molecule has 1 fully saturated rings. The second-order valence-electron chi connectivity index (χ2n) is 7.68. The molecule has 0 aromatic rings. The number of carbonyl (C=O) groups excluding carboxylic acids is 1. The number of esters is 1. The van der Waals surface area contributed by atoms with Crippen molar-refractivity contribution in [2.45, 2.75) is 97.5 Å². The molecule has 0 amide bonds. The van der Waals surface area contributed by atoms with Crippen LogP contribution in [0.3, 0.4) is 0 Å². The largest absolute Gasteiger partial charge is 0.462 e. The van der Waals surface area contributed by atoms with Crippen molar-refractivity contribution in [3.63, 3.8) is 0 Å². The number of ether oxygens (including phenoxy) is 1. The summed E-state index contributed by atoms with van der Waals surface area (Å²) < 4.78 is 5.83. The number of carbonyl (C=O) groups is 1. The molecule has 0 aromatic carbocycles. The first-order chi connectivity index (χ1) is 11.0. The van der Waals surface area contributed by atoms with E-state index in [0.29, 0.717) is 24.2 Å². The van der Waals surface area contributed by atoms with Gasteiger partial charge in [-0.1, -0.05) is 52.9 Å². The molecule has 0 aliphatic heterocycles. The molecule has 1 rings (SSSR count). The van der Waals surface area contributed by atoms with Crippen LogP contribution in [0.25, 0.3) is 0 Å². The van der Waals surface area contributed by atoms with Gasteiger partial charge in [0.2, 0.25) is 0 Å². The maximum atomic E-state index is 12.1. The van der Waals surface area contributed by atoms with Crippen LogP contribution in [0.1, 0.15) is 91.4 Å². The molecule has 0 bridgehead atoms. The third-order valence-corrected chi connectivity index (χ3v) is 5.20. The number of hydrogen-bond donors (Lipinski definition) is 0. The van der Waals surface area contributed by atoms with Gasteiger partial charge >= 0.3 is 5.97 Å². The second-order valence-corrected chi connectivity index (χ2v) is 7.68. The van der Waals surface area contributed by atoms with Crippen molar-refractivity contribution in [1.82, 2.24) is 0 Å². The second kappa shape index (κ2) is 11.5. The molecule has 1 aliphatic carbocycles. The Labute approximate surface area is 143 Å². The fourth-order valence-corrected chi connectivity index (χ4v) is 3.68. The van der Waals surface area contributed by atoms with Gasteiger partial charge in [0.15, 0.2) is 0 Å². The van der Waals surface area contributed by atoms with E-state index in [1.807, 2.05) is 0 Å². The zero-order valence-corrected chi connectivity index (χ0v) is 15.5. The van der Waals surface area contributed by atoms with E-state index in [-0.39, 0.29) is 12.1 Å². The molecule has 0 N–H and O–H groups in total. The predicted octanol–water partition coefficient (Wildman–Crippen LogP) is 5.74. The predicted molar refractivity (Wildman–Crippen MR) is 97.0 cm³/mol. The fourth-order valence-electron chi connectivity index (χ4n) is 3.68. The topological polar surface area (TPSA) is 26.3 Å². The molecule has 1 aliphatic rings. The van der Waals surface area contributed by atoms with E-state index in [1.54, 1.807) is 0 Å². The van der Waals surface area contributed by atoms with Gasteiger partial charge in [0.1, 0.15) is 6.10 Å². The van der Waals surface area contributed by atoms with Crippen LogP contribution in [0.15, 0.2) is 0 Å². The summed E-state index contributed by atoms with van der Waals surface area (Å²) in [4.78, 5) is 12.1. The summed E-state index contributed by atoms with van der Waals surface area (Å²) in [6, 6.07) is 0. The summed E-state index contributed by atoms with van der Waals surface area (Å²) >= 11 is 0. The lowest BCUT2D eigenvalue weighted by Gasteiger charge is -2.36. The highest BCUT2D eigenvalue weighted by Gasteiger charge is 2.33. The van der Waals surface area contributed by atoms with E-state index >= 15 is 0 Å². The summed E-state index contributed by atoms with van der Waals surface area (Å²) in [6.45, 7) is 6.78. The Kier molecular flexibility index (Phi) is 10.1. The van der Waals surface area contributed by atoms with E-state index in [4.69, 9.17) is 11.2 Å². The molecular formula is C21H36O2. The lowest BCUT2D eigenvalue weighted by Crippen LogP contribution is -2.35. The Morgan fingerprint density at radius 3 is 2.43 bits per heavy atom. The lowest BCUT2D eigenvalue weighted by molar-refractivity contribution is -0.156. The van der Waals surface area contributed by atoms with Crippen molar-refractivity contribution < 1.29 is 9.53 Å². The summed E-state index contributed by atoms with van der Waals surface area (Å²) in [5, 5.41) is 0. The fraction of sp³-hybridized carbons (Fsp3) is 0.857. The van der Waals surface area contributed by atoms with Gasteiger partial charge in [-0.15, -0.1) is 12.3 Å². The average Bonchev–Trinajstić information content (AvgIpc) is 2.49. The van der Waals surface area contributed by atoms with Crippen LogP contribution in [0.4, 0.5) is 0 Å². The van der Waals surface area contributed by atoms with E-state index < -0.39 is 0 Å². The minimum atomic E-state index is 0.0158. The molecule has 0 saturated heterocycles. The molecule has 0 unspecified atom stereocenters. The van der Waals surface area contributed by atoms with Gasteiger partial charge in [0, 0.05) is 12.8 Å². The van der Waals surface area contributed by atoms with Gasteiger partial charge in [-0.05, 0) is 43.4 Å². The van der Waals surface area contributed by atoms with Gasteiger partial charge in [0.25, 0.3) is 0 Å². The molecule has 0 spiro atoms. The summed E-state index contributed by atoms with van der Waals surface area (Å²) in [5.74, 6) is 4.53. The highest BCUT2D eigenvalue weighted by molar-refractivity contribution is 5.69. The van der Waals surface area contributed by atoms with Gasteiger partial charge in [-0.3, -0.25) is 4.79 Å². The number of rotatable bonds is 10.